The average Bonchev–Trinajstić information content (AvgIpc) is 2.72. The lowest BCUT2D eigenvalue weighted by atomic mass is 10.3. The van der Waals surface area contributed by atoms with Crippen molar-refractivity contribution in [3.8, 4) is 0 Å². The lowest BCUT2D eigenvalue weighted by Gasteiger charge is -2.34. The molecule has 0 radical (unpaired) electrons. The number of benzene rings is 4. The summed E-state index contributed by atoms with van der Waals surface area (Å²) in [6.45, 7) is 0. The van der Waals surface area contributed by atoms with Gasteiger partial charge in [0.1, 0.15) is 0 Å². The third kappa shape index (κ3) is 3.09. The third-order valence-corrected chi connectivity index (χ3v) is 9.62. The molecule has 2 heteroatoms. The van der Waals surface area contributed by atoms with Crippen molar-refractivity contribution in [2.45, 2.75) is 0 Å². The van der Waals surface area contributed by atoms with Crippen LogP contribution in [0.3, 0.4) is 0 Å². The highest BCUT2D eigenvalue weighted by molar-refractivity contribution is 7.19. The van der Waals surface area contributed by atoms with Gasteiger partial charge < -0.3 is 0 Å². The fourth-order valence-corrected chi connectivity index (χ4v) is 8.52. The van der Waals surface area contributed by atoms with Crippen molar-refractivity contribution in [2.75, 3.05) is 0 Å². The zero-order valence-electron chi connectivity index (χ0n) is 14.0. The van der Waals surface area contributed by atoms with Crippen molar-refractivity contribution in [3.63, 3.8) is 0 Å². The van der Waals surface area contributed by atoms with Gasteiger partial charge in [-0.1, -0.05) is 121 Å². The topological polar surface area (TPSA) is 0 Å². The summed E-state index contributed by atoms with van der Waals surface area (Å²) in [5, 5.41) is 5.66. The van der Waals surface area contributed by atoms with Gasteiger partial charge >= 0.3 is 0 Å². The fraction of sp³-hybridized carbons (Fsp3) is 0. The highest BCUT2D eigenvalue weighted by atomic mass is 28.3. The van der Waals surface area contributed by atoms with E-state index in [0.29, 0.717) is 0 Å². The van der Waals surface area contributed by atoms with Crippen molar-refractivity contribution < 1.29 is 0 Å². The molecule has 0 aliphatic rings. The summed E-state index contributed by atoms with van der Waals surface area (Å²) in [5.41, 5.74) is 0. The van der Waals surface area contributed by atoms with E-state index in [1.54, 1.807) is 0 Å². The first kappa shape index (κ1) is 18.1. The maximum atomic E-state index is 2.29. The number of hydrogen-bond acceptors (Lipinski definition) is 0. The molecule has 0 aliphatic heterocycles. The molecule has 0 spiro atoms. The molecule has 0 heterocycles. The minimum Gasteiger partial charge on any atom is -0.0623 e. The Morgan fingerprint density at radius 2 is 0.500 bits per heavy atom. The van der Waals surface area contributed by atoms with Gasteiger partial charge in [0, 0.05) is 0 Å². The Balaban J connectivity index is 0.00000196. The van der Waals surface area contributed by atoms with E-state index in [2.05, 4.69) is 121 Å². The maximum absolute atomic E-state index is 2.30. The van der Waals surface area contributed by atoms with Crippen LogP contribution < -0.4 is 20.7 Å². The van der Waals surface area contributed by atoms with Crippen LogP contribution in [0.5, 0.6) is 0 Å². The fourth-order valence-electron chi connectivity index (χ4n) is 3.75. The summed E-state index contributed by atoms with van der Waals surface area (Å²) in [5.74, 6) is 0. The minimum absolute atomic E-state index is 0. The third-order valence-electron chi connectivity index (χ3n) is 4.83. The molecule has 0 saturated carbocycles. The molecule has 0 unspecified atom stereocenters. The van der Waals surface area contributed by atoms with Crippen molar-refractivity contribution in [3.05, 3.63) is 121 Å². The lowest BCUT2D eigenvalue weighted by Crippen LogP contribution is -2.74. The molecule has 0 fully saturated rings. The van der Waals surface area contributed by atoms with Crippen molar-refractivity contribution in [2.24, 2.45) is 0 Å². The molecule has 0 aromatic heterocycles. The Kier molecular flexibility index (Phi) is 5.66. The van der Waals surface area contributed by atoms with Crippen LogP contribution in [0.15, 0.2) is 121 Å². The minimum atomic E-state index is -2.30. The van der Waals surface area contributed by atoms with E-state index in [9.17, 15) is 0 Å². The molecule has 4 rings (SSSR count). The molecular formula is C24H24Si2. The summed E-state index contributed by atoms with van der Waals surface area (Å²) >= 11 is 0. The Morgan fingerprint density at radius 3 is 0.692 bits per heavy atom. The van der Waals surface area contributed by atoms with Crippen LogP contribution in [0.25, 0.3) is 0 Å². The number of hydrogen-bond donors (Lipinski definition) is 0. The highest BCUT2D eigenvalue weighted by Gasteiger charge is 2.40. The van der Waals surface area contributed by atoms with E-state index >= 15 is 0 Å². The van der Waals surface area contributed by atoms with E-state index in [-0.39, 0.29) is 11.0 Å². The molecule has 4 aromatic carbocycles. The van der Waals surface area contributed by atoms with Gasteiger partial charge in [0.25, 0.3) is 0 Å². The van der Waals surface area contributed by atoms with Gasteiger partial charge in [-0.3, -0.25) is 0 Å². The zero-order valence-corrected chi connectivity index (χ0v) is 15.0. The molecule has 0 bridgehead atoms. The molecule has 0 saturated heterocycles. The van der Waals surface area contributed by atoms with E-state index in [1.165, 1.54) is 20.7 Å². The number of rotatable bonds is 4. The Hall–Kier alpha value is -2.69. The summed E-state index contributed by atoms with van der Waals surface area (Å²) in [7, 11) is -2.30. The monoisotopic (exact) mass is 368 g/mol. The summed E-state index contributed by atoms with van der Waals surface area (Å²) in [6, 6.07) is 44.0. The first-order valence-corrected chi connectivity index (χ1v) is 10.6. The van der Waals surface area contributed by atoms with Crippen LogP contribution in [0, 0.1) is 0 Å². The quantitative estimate of drug-likeness (QED) is 0.379. The van der Waals surface area contributed by atoms with Crippen LogP contribution in [-0.2, 0) is 0 Å². The standard InChI is InChI=1S/C24H20Si.H4Si/c1-5-13-21(14-6-1)25(22-15-7-2-8-16-22,23-17-9-3-10-18-23)24-19-11-4-12-20-24;/h1-20H;1H4. The largest absolute Gasteiger partial charge is 0.179 e. The molecule has 0 amide bonds. The summed E-state index contributed by atoms with van der Waals surface area (Å²) in [4.78, 5) is 0. The van der Waals surface area contributed by atoms with Crippen LogP contribution in [0.1, 0.15) is 0 Å². The average molecular weight is 369 g/mol. The second kappa shape index (κ2) is 8.13. The van der Waals surface area contributed by atoms with Gasteiger partial charge in [0.15, 0.2) is 8.07 Å². The summed E-state index contributed by atoms with van der Waals surface area (Å²) < 4.78 is 0. The first-order valence-electron chi connectivity index (χ1n) is 8.64. The Labute approximate surface area is 161 Å². The molecule has 0 aliphatic carbocycles. The van der Waals surface area contributed by atoms with Gasteiger partial charge in [-0.05, 0) is 31.7 Å². The van der Waals surface area contributed by atoms with E-state index in [0.717, 1.165) is 0 Å². The molecule has 0 N–H and O–H groups in total. The zero-order chi connectivity index (χ0) is 17.0. The normalized spacial score (nSPS) is 10.8. The summed E-state index contributed by atoms with van der Waals surface area (Å²) in [6.07, 6.45) is 0. The van der Waals surface area contributed by atoms with Gasteiger partial charge in [-0.25, -0.2) is 0 Å². The van der Waals surface area contributed by atoms with Crippen molar-refractivity contribution in [1.82, 2.24) is 0 Å². The molecule has 128 valence electrons. The predicted octanol–water partition coefficient (Wildman–Crippen LogP) is 1.61. The van der Waals surface area contributed by atoms with Gasteiger partial charge in [-0.15, -0.1) is 0 Å². The van der Waals surface area contributed by atoms with Gasteiger partial charge in [0.2, 0.25) is 0 Å². The van der Waals surface area contributed by atoms with Crippen molar-refractivity contribution in [1.29, 1.82) is 0 Å². The highest BCUT2D eigenvalue weighted by Crippen LogP contribution is 2.09. The second-order valence-electron chi connectivity index (χ2n) is 6.21. The molecule has 4 aromatic rings. The molecule has 26 heavy (non-hydrogen) atoms. The van der Waals surface area contributed by atoms with Crippen LogP contribution in [0.2, 0.25) is 0 Å². The maximum Gasteiger partial charge on any atom is 0.179 e. The Morgan fingerprint density at radius 1 is 0.308 bits per heavy atom. The molecule has 0 nitrogen and oxygen atoms in total. The van der Waals surface area contributed by atoms with Crippen molar-refractivity contribution >= 4 is 39.8 Å². The van der Waals surface area contributed by atoms with E-state index in [1.807, 2.05) is 0 Å². The Bertz CT molecular complexity index is 757. The van der Waals surface area contributed by atoms with E-state index < -0.39 is 8.07 Å². The van der Waals surface area contributed by atoms with Gasteiger partial charge in [-0.2, -0.15) is 0 Å². The predicted molar refractivity (Wildman–Crippen MR) is 121 cm³/mol. The van der Waals surface area contributed by atoms with Gasteiger partial charge in [0.05, 0.1) is 0 Å². The van der Waals surface area contributed by atoms with E-state index in [4.69, 9.17) is 0 Å². The SMILES string of the molecule is [SiH4].c1ccc([Si](c2ccccc2)(c2ccccc2)c2ccccc2)cc1. The smallest absolute Gasteiger partial charge is 0.0623 e. The van der Waals surface area contributed by atoms with Crippen LogP contribution in [-0.4, -0.2) is 19.0 Å². The van der Waals surface area contributed by atoms with Crippen LogP contribution in [0.4, 0.5) is 0 Å². The van der Waals surface area contributed by atoms with Crippen LogP contribution >= 0.6 is 0 Å². The lowest BCUT2D eigenvalue weighted by molar-refractivity contribution is 1.66. The molecule has 0 atom stereocenters. The molecular weight excluding hydrogens is 344 g/mol. The first-order chi connectivity index (χ1) is 12.4. The second-order valence-corrected chi connectivity index (χ2v) is 10.0.